The van der Waals surface area contributed by atoms with Crippen LogP contribution in [0.15, 0.2) is 58.1 Å². The van der Waals surface area contributed by atoms with E-state index in [-0.39, 0.29) is 35.3 Å². The second-order valence-electron chi connectivity index (χ2n) is 7.92. The Balaban J connectivity index is 1.62. The lowest BCUT2D eigenvalue weighted by Crippen LogP contribution is -2.52. The van der Waals surface area contributed by atoms with E-state index in [0.29, 0.717) is 24.1 Å². The molecule has 2 aromatic carbocycles. The van der Waals surface area contributed by atoms with Crippen molar-refractivity contribution >= 4 is 66.5 Å². The summed E-state index contributed by atoms with van der Waals surface area (Å²) in [5, 5.41) is 0. The summed E-state index contributed by atoms with van der Waals surface area (Å²) in [5.74, 6) is -1.73. The first-order chi connectivity index (χ1) is 16.9. The number of halogens is 1. The van der Waals surface area contributed by atoms with E-state index in [1.54, 1.807) is 42.5 Å². The predicted octanol–water partition coefficient (Wildman–Crippen LogP) is 3.66. The van der Waals surface area contributed by atoms with Crippen LogP contribution >= 0.6 is 34.3 Å². The molecule has 0 fully saturated rings. The first-order valence-corrected chi connectivity index (χ1v) is 13.1. The monoisotopic (exact) mass is 534 g/mol. The molecule has 4 rings (SSSR count). The average molecular weight is 535 g/mol. The Morgan fingerprint density at radius 3 is 2.00 bits per heavy atom. The first kappa shape index (κ1) is 25.3. The van der Waals surface area contributed by atoms with Crippen molar-refractivity contribution in [1.29, 1.82) is 0 Å². The van der Waals surface area contributed by atoms with Crippen molar-refractivity contribution in [3.05, 3.63) is 67.9 Å². The van der Waals surface area contributed by atoms with Crippen LogP contribution in [0.4, 0.5) is 0 Å². The van der Waals surface area contributed by atoms with Gasteiger partial charge in [0.05, 0.1) is 39.5 Å². The van der Waals surface area contributed by atoms with Crippen LogP contribution < -0.4 is 9.75 Å². The van der Waals surface area contributed by atoms with Crippen LogP contribution in [0.3, 0.4) is 0 Å². The zero-order valence-corrected chi connectivity index (χ0v) is 21.3. The molecule has 0 unspecified atom stereocenters. The van der Waals surface area contributed by atoms with Crippen LogP contribution in [-0.2, 0) is 32.2 Å². The maximum Gasteiger partial charge on any atom is 0.327 e. The number of ketones is 1. The number of carbonyl (C=O) groups is 2. The van der Waals surface area contributed by atoms with Crippen LogP contribution in [-0.4, -0.2) is 45.6 Å². The zero-order valence-electron chi connectivity index (χ0n) is 18.9. The summed E-state index contributed by atoms with van der Waals surface area (Å²) in [4.78, 5) is 50.9. The van der Waals surface area contributed by atoms with Gasteiger partial charge in [-0.05, 0) is 30.7 Å². The van der Waals surface area contributed by atoms with Gasteiger partial charge in [-0.3, -0.25) is 28.3 Å². The summed E-state index contributed by atoms with van der Waals surface area (Å²) >= 11 is 8.26. The third kappa shape index (κ3) is 5.25. The Kier molecular flexibility index (Phi) is 7.85. The fraction of sp³-hybridized carbons (Fsp3) is 0.333. The quantitative estimate of drug-likeness (QED) is 0.165. The molecule has 0 spiro atoms. The van der Waals surface area contributed by atoms with Gasteiger partial charge < -0.3 is 9.47 Å². The number of nitrogens with zero attached hydrogens (tertiary/aromatic N) is 2. The number of fused-ring (bicyclic) bond motifs is 2. The largest absolute Gasteiger partial charge is 0.446 e. The van der Waals surface area contributed by atoms with E-state index >= 15 is 0 Å². The lowest BCUT2D eigenvalue weighted by molar-refractivity contribution is -0.172. The normalized spacial score (nSPS) is 13.2. The topological polar surface area (TPSA) is 96.6 Å². The number of para-hydroxylation sites is 2. The molecule has 35 heavy (non-hydrogen) atoms. The van der Waals surface area contributed by atoms with Crippen molar-refractivity contribution < 1.29 is 19.1 Å². The van der Waals surface area contributed by atoms with E-state index in [9.17, 15) is 19.2 Å². The molecule has 11 heteroatoms. The van der Waals surface area contributed by atoms with Crippen molar-refractivity contribution in [2.75, 3.05) is 19.1 Å². The summed E-state index contributed by atoms with van der Waals surface area (Å²) < 4.78 is 15.4. The first-order valence-electron chi connectivity index (χ1n) is 10.9. The molecule has 0 aliphatic heterocycles. The fourth-order valence-corrected chi connectivity index (χ4v) is 5.74. The molecular weight excluding hydrogens is 512 g/mol. The van der Waals surface area contributed by atoms with Gasteiger partial charge in [0, 0.05) is 6.61 Å². The third-order valence-corrected chi connectivity index (χ3v) is 7.81. The van der Waals surface area contributed by atoms with E-state index in [4.69, 9.17) is 21.1 Å². The van der Waals surface area contributed by atoms with Crippen molar-refractivity contribution in [3.8, 4) is 0 Å². The zero-order chi connectivity index (χ0) is 25.0. The molecule has 0 amide bonds. The second-order valence-corrected chi connectivity index (χ2v) is 10.2. The molecule has 4 aromatic rings. The summed E-state index contributed by atoms with van der Waals surface area (Å²) in [6, 6.07) is 14.2. The average Bonchev–Trinajstić information content (AvgIpc) is 3.34. The van der Waals surface area contributed by atoms with E-state index in [1.165, 1.54) is 9.13 Å². The van der Waals surface area contributed by atoms with Crippen LogP contribution in [0.25, 0.3) is 20.4 Å². The number of Topliss-reactive ketones (excluding diaryl/α,β-unsaturated/α-hetero) is 1. The van der Waals surface area contributed by atoms with E-state index < -0.39 is 17.4 Å². The summed E-state index contributed by atoms with van der Waals surface area (Å²) in [5.41, 5.74) is -0.608. The van der Waals surface area contributed by atoms with Crippen molar-refractivity contribution in [3.63, 3.8) is 0 Å². The van der Waals surface area contributed by atoms with Crippen molar-refractivity contribution in [1.82, 2.24) is 9.13 Å². The predicted molar refractivity (Wildman–Crippen MR) is 138 cm³/mol. The molecule has 0 radical (unpaired) electrons. The maximum atomic E-state index is 13.5. The number of esters is 1. The number of rotatable bonds is 11. The lowest BCUT2D eigenvalue weighted by Gasteiger charge is -2.30. The fourth-order valence-electron chi connectivity index (χ4n) is 3.68. The van der Waals surface area contributed by atoms with Gasteiger partial charge in [0.1, 0.15) is 6.54 Å². The number of benzene rings is 2. The Bertz CT molecular complexity index is 1490. The van der Waals surface area contributed by atoms with Gasteiger partial charge in [-0.25, -0.2) is 0 Å². The standard InChI is InChI=1S/C24H23ClN2O6S2/c1-2-11-32-15-24(14-25,20(28)12-26-16-7-3-5-9-18(16)34-22(26)30)33-21(29)13-27-17-8-4-6-10-19(17)35-23(27)31/h3-10H,2,11-15H2,1H3/t24-/m1/s1. The van der Waals surface area contributed by atoms with Gasteiger partial charge in [0.15, 0.2) is 5.78 Å². The molecule has 8 nitrogen and oxygen atoms in total. The van der Waals surface area contributed by atoms with E-state index in [2.05, 4.69) is 0 Å². The maximum absolute atomic E-state index is 13.5. The molecule has 2 heterocycles. The SMILES string of the molecule is CCCOC[C@@](CCl)(OC(=O)Cn1c(=O)sc2ccccc21)C(=O)Cn1c(=O)sc2ccccc21. The van der Waals surface area contributed by atoms with E-state index in [0.717, 1.165) is 32.1 Å². The van der Waals surface area contributed by atoms with Gasteiger partial charge in [-0.2, -0.15) is 0 Å². The number of aromatic nitrogens is 2. The number of hydrogen-bond donors (Lipinski definition) is 0. The molecule has 0 bridgehead atoms. The highest BCUT2D eigenvalue weighted by atomic mass is 35.5. The molecule has 0 aliphatic carbocycles. The Morgan fingerprint density at radius 1 is 0.914 bits per heavy atom. The molecule has 0 saturated heterocycles. The minimum Gasteiger partial charge on any atom is -0.446 e. The highest BCUT2D eigenvalue weighted by molar-refractivity contribution is 7.16. The summed E-state index contributed by atoms with van der Waals surface area (Å²) in [7, 11) is 0. The Morgan fingerprint density at radius 2 is 1.46 bits per heavy atom. The van der Waals surface area contributed by atoms with E-state index in [1.807, 2.05) is 13.0 Å². The van der Waals surface area contributed by atoms with Crippen LogP contribution in [0, 0.1) is 0 Å². The van der Waals surface area contributed by atoms with Crippen LogP contribution in [0.2, 0.25) is 0 Å². The number of hydrogen-bond acceptors (Lipinski definition) is 8. The molecule has 0 aliphatic rings. The minimum absolute atomic E-state index is 0.259. The highest BCUT2D eigenvalue weighted by Crippen LogP contribution is 2.22. The molecule has 184 valence electrons. The molecule has 1 atom stereocenters. The van der Waals surface area contributed by atoms with Crippen molar-refractivity contribution in [2.24, 2.45) is 0 Å². The Labute approximate surface area is 213 Å². The second kappa shape index (κ2) is 10.9. The smallest absolute Gasteiger partial charge is 0.327 e. The number of alkyl halides is 1. The van der Waals surface area contributed by atoms with Crippen LogP contribution in [0.1, 0.15) is 13.3 Å². The third-order valence-electron chi connectivity index (χ3n) is 5.45. The molecule has 0 N–H and O–H groups in total. The molecular formula is C24H23ClN2O6S2. The van der Waals surface area contributed by atoms with Gasteiger partial charge >= 0.3 is 15.7 Å². The summed E-state index contributed by atoms with van der Waals surface area (Å²) in [6.45, 7) is 1.26. The number of carbonyl (C=O) groups excluding carboxylic acids is 2. The van der Waals surface area contributed by atoms with Gasteiger partial charge in [-0.15, -0.1) is 11.6 Å². The van der Waals surface area contributed by atoms with Gasteiger partial charge in [0.25, 0.3) is 0 Å². The van der Waals surface area contributed by atoms with Gasteiger partial charge in [-0.1, -0.05) is 53.9 Å². The summed E-state index contributed by atoms with van der Waals surface area (Å²) in [6.07, 6.45) is 0.686. The minimum atomic E-state index is -1.81. The molecule has 2 aromatic heterocycles. The highest BCUT2D eigenvalue weighted by Gasteiger charge is 2.42. The van der Waals surface area contributed by atoms with Crippen LogP contribution in [0.5, 0.6) is 0 Å². The van der Waals surface area contributed by atoms with Crippen molar-refractivity contribution in [2.45, 2.75) is 32.0 Å². The Hall–Kier alpha value is -2.79. The van der Waals surface area contributed by atoms with Gasteiger partial charge in [0.2, 0.25) is 5.60 Å². The number of ether oxygens (including phenoxy) is 2. The molecule has 0 saturated carbocycles. The number of thiazole rings is 2. The lowest BCUT2D eigenvalue weighted by atomic mass is 10.0.